The largest absolute Gasteiger partial charge is 0.490 e. The Morgan fingerprint density at radius 1 is 1.24 bits per heavy atom. The SMILES string of the molecule is CCOc1cc(C2NC(C(=O)O)CS2)cc(Cl)c1OCCOc1cccc(C)c1. The van der Waals surface area contributed by atoms with Crippen molar-refractivity contribution in [3.05, 3.63) is 52.5 Å². The molecule has 2 atom stereocenters. The van der Waals surface area contributed by atoms with Crippen LogP contribution in [0.25, 0.3) is 0 Å². The van der Waals surface area contributed by atoms with Gasteiger partial charge in [0.05, 0.1) is 17.0 Å². The number of aliphatic carboxylic acids is 1. The predicted molar refractivity (Wildman–Crippen MR) is 115 cm³/mol. The van der Waals surface area contributed by atoms with E-state index in [1.165, 1.54) is 11.8 Å². The van der Waals surface area contributed by atoms with Crippen LogP contribution in [0, 0.1) is 6.92 Å². The van der Waals surface area contributed by atoms with Crippen LogP contribution in [0.3, 0.4) is 0 Å². The van der Waals surface area contributed by atoms with Crippen molar-refractivity contribution in [2.24, 2.45) is 0 Å². The van der Waals surface area contributed by atoms with Gasteiger partial charge in [-0.05, 0) is 49.2 Å². The minimum Gasteiger partial charge on any atom is -0.490 e. The third kappa shape index (κ3) is 5.72. The van der Waals surface area contributed by atoms with Crippen molar-refractivity contribution in [1.82, 2.24) is 5.32 Å². The summed E-state index contributed by atoms with van der Waals surface area (Å²) < 4.78 is 17.3. The number of benzene rings is 2. The molecule has 2 aromatic carbocycles. The molecule has 1 aliphatic rings. The third-order valence-electron chi connectivity index (χ3n) is 4.30. The maximum absolute atomic E-state index is 11.2. The second kappa shape index (κ2) is 10.1. The summed E-state index contributed by atoms with van der Waals surface area (Å²) >= 11 is 7.99. The Bertz CT molecular complexity index is 863. The van der Waals surface area contributed by atoms with Crippen molar-refractivity contribution in [2.45, 2.75) is 25.3 Å². The number of hydrogen-bond acceptors (Lipinski definition) is 6. The molecule has 2 N–H and O–H groups in total. The number of carboxylic acid groups (broad SMARTS) is 1. The maximum atomic E-state index is 11.2. The lowest BCUT2D eigenvalue weighted by Gasteiger charge is -2.18. The van der Waals surface area contributed by atoms with Crippen LogP contribution in [0.1, 0.15) is 23.4 Å². The Labute approximate surface area is 179 Å². The van der Waals surface area contributed by atoms with Gasteiger partial charge in [-0.15, -0.1) is 11.8 Å². The topological polar surface area (TPSA) is 77.0 Å². The Hall–Kier alpha value is -2.09. The van der Waals surface area contributed by atoms with Crippen LogP contribution < -0.4 is 19.5 Å². The van der Waals surface area contributed by atoms with Crippen LogP contribution in [-0.4, -0.2) is 42.7 Å². The first kappa shape index (κ1) is 21.6. The summed E-state index contributed by atoms with van der Waals surface area (Å²) in [6, 6.07) is 10.9. The van der Waals surface area contributed by atoms with Crippen molar-refractivity contribution >= 4 is 29.3 Å². The van der Waals surface area contributed by atoms with Gasteiger partial charge in [-0.2, -0.15) is 0 Å². The number of ether oxygens (including phenoxy) is 3. The van der Waals surface area contributed by atoms with E-state index in [-0.39, 0.29) is 5.37 Å². The van der Waals surface area contributed by atoms with Crippen molar-refractivity contribution in [3.8, 4) is 17.2 Å². The van der Waals surface area contributed by atoms with Crippen molar-refractivity contribution in [3.63, 3.8) is 0 Å². The summed E-state index contributed by atoms with van der Waals surface area (Å²) in [5.74, 6) is 1.42. The van der Waals surface area contributed by atoms with Gasteiger partial charge in [-0.1, -0.05) is 23.7 Å². The number of rotatable bonds is 9. The van der Waals surface area contributed by atoms with E-state index in [1.807, 2.05) is 44.2 Å². The second-order valence-corrected chi connectivity index (χ2v) is 8.09. The molecule has 3 rings (SSSR count). The number of aryl methyl sites for hydroxylation is 1. The number of halogens is 1. The highest BCUT2D eigenvalue weighted by atomic mass is 35.5. The first-order valence-electron chi connectivity index (χ1n) is 9.37. The molecule has 8 heteroatoms. The highest BCUT2D eigenvalue weighted by Gasteiger charge is 2.31. The second-order valence-electron chi connectivity index (χ2n) is 6.55. The molecule has 0 radical (unpaired) electrons. The highest BCUT2D eigenvalue weighted by Crippen LogP contribution is 2.42. The summed E-state index contributed by atoms with van der Waals surface area (Å²) in [5, 5.41) is 12.5. The molecule has 156 valence electrons. The quantitative estimate of drug-likeness (QED) is 0.566. The molecule has 29 heavy (non-hydrogen) atoms. The molecule has 1 aliphatic heterocycles. The number of hydrogen-bond donors (Lipinski definition) is 2. The van der Waals surface area contributed by atoms with Crippen LogP contribution in [0.2, 0.25) is 5.02 Å². The van der Waals surface area contributed by atoms with Gasteiger partial charge in [0.1, 0.15) is 25.0 Å². The number of nitrogens with one attached hydrogen (secondary N) is 1. The molecular weight excluding hydrogens is 414 g/mol. The maximum Gasteiger partial charge on any atom is 0.321 e. The molecule has 2 aromatic rings. The predicted octanol–water partition coefficient (Wildman–Crippen LogP) is 4.29. The molecule has 6 nitrogen and oxygen atoms in total. The smallest absolute Gasteiger partial charge is 0.321 e. The monoisotopic (exact) mass is 437 g/mol. The molecule has 0 amide bonds. The van der Waals surface area contributed by atoms with E-state index in [0.717, 1.165) is 16.9 Å². The normalized spacial score (nSPS) is 18.4. The van der Waals surface area contributed by atoms with Gasteiger partial charge in [0.15, 0.2) is 11.5 Å². The van der Waals surface area contributed by atoms with E-state index in [9.17, 15) is 9.90 Å². The van der Waals surface area contributed by atoms with Gasteiger partial charge in [0, 0.05) is 5.75 Å². The summed E-state index contributed by atoms with van der Waals surface area (Å²) in [5.41, 5.74) is 1.99. The van der Waals surface area contributed by atoms with E-state index in [2.05, 4.69) is 5.32 Å². The lowest BCUT2D eigenvalue weighted by Crippen LogP contribution is -2.33. The minimum atomic E-state index is -0.857. The van der Waals surface area contributed by atoms with E-state index in [0.29, 0.717) is 42.1 Å². The van der Waals surface area contributed by atoms with Gasteiger partial charge in [-0.25, -0.2) is 0 Å². The number of thioether (sulfide) groups is 1. The van der Waals surface area contributed by atoms with Crippen LogP contribution >= 0.6 is 23.4 Å². The van der Waals surface area contributed by atoms with Crippen LogP contribution in [0.5, 0.6) is 17.2 Å². The zero-order valence-corrected chi connectivity index (χ0v) is 17.9. The molecule has 0 aliphatic carbocycles. The van der Waals surface area contributed by atoms with Crippen molar-refractivity contribution in [2.75, 3.05) is 25.6 Å². The van der Waals surface area contributed by atoms with Gasteiger partial charge in [0.25, 0.3) is 0 Å². The van der Waals surface area contributed by atoms with Crippen LogP contribution in [-0.2, 0) is 4.79 Å². The molecule has 2 unspecified atom stereocenters. The number of carbonyl (C=O) groups is 1. The standard InChI is InChI=1S/C21H24ClNO5S/c1-3-26-18-11-14(20-23-17(12-29-20)21(24)25)10-16(22)19(18)28-8-7-27-15-6-4-5-13(2)9-15/h4-6,9-11,17,20,23H,3,7-8,12H2,1-2H3,(H,24,25). The summed E-state index contributed by atoms with van der Waals surface area (Å²) in [7, 11) is 0. The van der Waals surface area contributed by atoms with Gasteiger partial charge in [-0.3, -0.25) is 10.1 Å². The highest BCUT2D eigenvalue weighted by molar-refractivity contribution is 7.99. The Kier molecular flexibility index (Phi) is 7.52. The van der Waals surface area contributed by atoms with E-state index >= 15 is 0 Å². The Morgan fingerprint density at radius 3 is 2.72 bits per heavy atom. The van der Waals surface area contributed by atoms with Crippen molar-refractivity contribution < 1.29 is 24.1 Å². The molecule has 1 heterocycles. The zero-order chi connectivity index (χ0) is 20.8. The first-order chi connectivity index (χ1) is 14.0. The molecule has 0 spiro atoms. The molecule has 1 fully saturated rings. The van der Waals surface area contributed by atoms with Gasteiger partial charge >= 0.3 is 5.97 Å². The third-order valence-corrected chi connectivity index (χ3v) is 5.85. The summed E-state index contributed by atoms with van der Waals surface area (Å²) in [6.45, 7) is 5.03. The van der Waals surface area contributed by atoms with Crippen molar-refractivity contribution in [1.29, 1.82) is 0 Å². The van der Waals surface area contributed by atoms with Crippen LogP contribution in [0.15, 0.2) is 36.4 Å². The summed E-state index contributed by atoms with van der Waals surface area (Å²) in [4.78, 5) is 11.2. The Balaban J connectivity index is 1.65. The minimum absolute atomic E-state index is 0.161. The number of carboxylic acids is 1. The van der Waals surface area contributed by atoms with E-state index in [4.69, 9.17) is 25.8 Å². The van der Waals surface area contributed by atoms with Crippen LogP contribution in [0.4, 0.5) is 0 Å². The molecule has 0 aromatic heterocycles. The van der Waals surface area contributed by atoms with E-state index < -0.39 is 12.0 Å². The molecule has 0 saturated carbocycles. The van der Waals surface area contributed by atoms with E-state index in [1.54, 1.807) is 6.07 Å². The molecule has 0 bridgehead atoms. The van der Waals surface area contributed by atoms with Gasteiger partial charge < -0.3 is 19.3 Å². The zero-order valence-electron chi connectivity index (χ0n) is 16.3. The Morgan fingerprint density at radius 2 is 2.03 bits per heavy atom. The van der Waals surface area contributed by atoms with Gasteiger partial charge in [0.2, 0.25) is 0 Å². The fraction of sp³-hybridized carbons (Fsp3) is 0.381. The summed E-state index contributed by atoms with van der Waals surface area (Å²) in [6.07, 6.45) is 0. The lowest BCUT2D eigenvalue weighted by atomic mass is 10.2. The molecule has 1 saturated heterocycles. The average molecular weight is 438 g/mol. The first-order valence-corrected chi connectivity index (χ1v) is 10.8. The fourth-order valence-corrected chi connectivity index (χ4v) is 4.44. The fourth-order valence-electron chi connectivity index (χ4n) is 2.96. The molecular formula is C21H24ClNO5S. The average Bonchev–Trinajstić information content (AvgIpc) is 3.17. The lowest BCUT2D eigenvalue weighted by molar-refractivity contribution is -0.138.